The molecule has 3 N–H and O–H groups in total. The summed E-state index contributed by atoms with van der Waals surface area (Å²) in [5, 5.41) is 2.47. The number of ether oxygens (including phenoxy) is 1. The number of Topliss-reactive ketones (excluding diaryl/α,β-unsaturated/α-hetero) is 2. The van der Waals surface area contributed by atoms with Crippen LogP contribution in [0.3, 0.4) is 0 Å². The molecule has 132 valence electrons. The number of nitrogens with two attached hydrogens (primary N) is 1. The Morgan fingerprint density at radius 1 is 1.00 bits per heavy atom. The van der Waals surface area contributed by atoms with E-state index in [1.165, 1.54) is 0 Å². The molecule has 0 aliphatic carbocycles. The summed E-state index contributed by atoms with van der Waals surface area (Å²) in [7, 11) is 0. The number of hydrogen-bond donors (Lipinski definition) is 2. The zero-order valence-corrected chi connectivity index (χ0v) is 14.6. The van der Waals surface area contributed by atoms with Gasteiger partial charge in [-0.25, -0.2) is 4.79 Å². The quantitative estimate of drug-likeness (QED) is 0.709. The minimum absolute atomic E-state index is 0.0884. The molecular formula is C18H26N2O4. The molecule has 0 aromatic heterocycles. The van der Waals surface area contributed by atoms with Crippen LogP contribution in [-0.2, 0) is 20.9 Å². The maximum absolute atomic E-state index is 12.3. The molecule has 6 nitrogen and oxygen atoms in total. The molecule has 0 aliphatic heterocycles. The fourth-order valence-corrected chi connectivity index (χ4v) is 2.05. The number of alkyl carbamates (subject to hydrolysis) is 1. The maximum atomic E-state index is 12.3. The number of carbonyl (C=O) groups excluding carboxylic acids is 3. The molecule has 0 aliphatic rings. The van der Waals surface area contributed by atoms with Crippen LogP contribution in [0.5, 0.6) is 0 Å². The lowest BCUT2D eigenvalue weighted by Gasteiger charge is -2.22. The largest absolute Gasteiger partial charge is 0.445 e. The Morgan fingerprint density at radius 3 is 2.08 bits per heavy atom. The Labute approximate surface area is 142 Å². The van der Waals surface area contributed by atoms with E-state index in [0.717, 1.165) is 5.56 Å². The van der Waals surface area contributed by atoms with E-state index < -0.39 is 29.7 Å². The molecule has 6 heteroatoms. The fourth-order valence-electron chi connectivity index (χ4n) is 2.05. The van der Waals surface area contributed by atoms with Crippen molar-refractivity contribution in [2.24, 2.45) is 17.6 Å². The van der Waals surface area contributed by atoms with Crippen molar-refractivity contribution < 1.29 is 19.1 Å². The second kappa shape index (κ2) is 9.17. The van der Waals surface area contributed by atoms with Gasteiger partial charge in [0.15, 0.2) is 0 Å². The van der Waals surface area contributed by atoms with Crippen LogP contribution in [-0.4, -0.2) is 29.7 Å². The topological polar surface area (TPSA) is 98.5 Å². The van der Waals surface area contributed by atoms with E-state index in [1.54, 1.807) is 27.7 Å². The Hall–Kier alpha value is -2.21. The zero-order chi connectivity index (χ0) is 18.3. The van der Waals surface area contributed by atoms with Crippen molar-refractivity contribution in [2.75, 3.05) is 0 Å². The van der Waals surface area contributed by atoms with E-state index in [4.69, 9.17) is 10.5 Å². The normalized spacial score (nSPS) is 13.5. The van der Waals surface area contributed by atoms with Crippen molar-refractivity contribution in [3.8, 4) is 0 Å². The van der Waals surface area contributed by atoms with Crippen molar-refractivity contribution in [3.05, 3.63) is 35.9 Å². The summed E-state index contributed by atoms with van der Waals surface area (Å²) in [6, 6.07) is 7.35. The molecule has 0 unspecified atom stereocenters. The number of benzene rings is 1. The molecule has 0 saturated heterocycles. The van der Waals surface area contributed by atoms with E-state index in [9.17, 15) is 14.4 Å². The van der Waals surface area contributed by atoms with E-state index in [0.29, 0.717) is 0 Å². The maximum Gasteiger partial charge on any atom is 0.408 e. The highest BCUT2D eigenvalue weighted by Crippen LogP contribution is 2.09. The highest BCUT2D eigenvalue weighted by atomic mass is 16.5. The number of amides is 1. The number of rotatable bonds is 8. The third kappa shape index (κ3) is 5.77. The van der Waals surface area contributed by atoms with Gasteiger partial charge in [-0.1, -0.05) is 58.0 Å². The molecule has 0 spiro atoms. The summed E-state index contributed by atoms with van der Waals surface area (Å²) < 4.78 is 5.10. The van der Waals surface area contributed by atoms with Gasteiger partial charge >= 0.3 is 6.09 Å². The molecule has 0 bridgehead atoms. The van der Waals surface area contributed by atoms with Gasteiger partial charge in [0, 0.05) is 0 Å². The summed E-state index contributed by atoms with van der Waals surface area (Å²) >= 11 is 0. The van der Waals surface area contributed by atoms with Crippen LogP contribution in [0.4, 0.5) is 4.79 Å². The predicted molar refractivity (Wildman–Crippen MR) is 91.2 cm³/mol. The minimum atomic E-state index is -0.953. The molecular weight excluding hydrogens is 308 g/mol. The lowest BCUT2D eigenvalue weighted by Crippen LogP contribution is -2.52. The van der Waals surface area contributed by atoms with Crippen LogP contribution in [0.25, 0.3) is 0 Å². The first-order valence-corrected chi connectivity index (χ1v) is 8.04. The first kappa shape index (κ1) is 19.8. The first-order chi connectivity index (χ1) is 11.2. The molecule has 0 fully saturated rings. The van der Waals surface area contributed by atoms with Crippen LogP contribution in [0.2, 0.25) is 0 Å². The van der Waals surface area contributed by atoms with Gasteiger partial charge in [-0.2, -0.15) is 0 Å². The second-order valence-electron chi connectivity index (χ2n) is 6.43. The average molecular weight is 334 g/mol. The molecule has 0 saturated carbocycles. The van der Waals surface area contributed by atoms with Crippen molar-refractivity contribution in [3.63, 3.8) is 0 Å². The van der Waals surface area contributed by atoms with Gasteiger partial charge in [0.25, 0.3) is 0 Å². The summed E-state index contributed by atoms with van der Waals surface area (Å²) in [5.74, 6) is -1.78. The highest BCUT2D eigenvalue weighted by Gasteiger charge is 2.33. The third-order valence-electron chi connectivity index (χ3n) is 3.70. The smallest absolute Gasteiger partial charge is 0.408 e. The molecule has 1 aromatic rings. The average Bonchev–Trinajstić information content (AvgIpc) is 2.56. The van der Waals surface area contributed by atoms with Crippen molar-refractivity contribution >= 4 is 17.7 Å². The number of carbonyl (C=O) groups is 3. The summed E-state index contributed by atoms with van der Waals surface area (Å²) in [4.78, 5) is 36.4. The summed E-state index contributed by atoms with van der Waals surface area (Å²) in [5.41, 5.74) is 6.58. The van der Waals surface area contributed by atoms with Crippen molar-refractivity contribution in [2.45, 2.75) is 46.4 Å². The number of ketones is 2. The van der Waals surface area contributed by atoms with Gasteiger partial charge in [0.2, 0.25) is 11.6 Å². The second-order valence-corrected chi connectivity index (χ2v) is 6.43. The molecule has 0 heterocycles. The van der Waals surface area contributed by atoms with E-state index in [1.807, 2.05) is 30.3 Å². The van der Waals surface area contributed by atoms with Gasteiger partial charge < -0.3 is 15.8 Å². The van der Waals surface area contributed by atoms with Gasteiger partial charge in [-0.3, -0.25) is 9.59 Å². The van der Waals surface area contributed by atoms with Crippen LogP contribution in [0.15, 0.2) is 30.3 Å². The van der Waals surface area contributed by atoms with E-state index in [2.05, 4.69) is 5.32 Å². The zero-order valence-electron chi connectivity index (χ0n) is 14.6. The summed E-state index contributed by atoms with van der Waals surface area (Å²) in [6.45, 7) is 7.11. The molecule has 0 radical (unpaired) electrons. The van der Waals surface area contributed by atoms with Gasteiger partial charge in [-0.15, -0.1) is 0 Å². The number of nitrogens with one attached hydrogen (secondary N) is 1. The predicted octanol–water partition coefficient (Wildman–Crippen LogP) is 2.06. The van der Waals surface area contributed by atoms with E-state index >= 15 is 0 Å². The highest BCUT2D eigenvalue weighted by molar-refractivity contribution is 6.41. The van der Waals surface area contributed by atoms with Crippen LogP contribution >= 0.6 is 0 Å². The monoisotopic (exact) mass is 334 g/mol. The lowest BCUT2D eigenvalue weighted by atomic mass is 9.91. The Morgan fingerprint density at radius 2 is 1.58 bits per heavy atom. The molecule has 2 atom stereocenters. The SMILES string of the molecule is CC(C)[C@H](N)C(=O)C(=O)[C@@H](NC(=O)OCc1ccccc1)C(C)C. The molecule has 1 rings (SSSR count). The Bertz CT molecular complexity index is 570. The van der Waals surface area contributed by atoms with Crippen molar-refractivity contribution in [1.82, 2.24) is 5.32 Å². The van der Waals surface area contributed by atoms with Gasteiger partial charge in [0.05, 0.1) is 6.04 Å². The van der Waals surface area contributed by atoms with Crippen molar-refractivity contribution in [1.29, 1.82) is 0 Å². The van der Waals surface area contributed by atoms with E-state index in [-0.39, 0.29) is 18.4 Å². The van der Waals surface area contributed by atoms with Crippen LogP contribution in [0.1, 0.15) is 33.3 Å². The first-order valence-electron chi connectivity index (χ1n) is 8.04. The minimum Gasteiger partial charge on any atom is -0.445 e. The fraction of sp³-hybridized carbons (Fsp3) is 0.500. The molecule has 24 heavy (non-hydrogen) atoms. The lowest BCUT2D eigenvalue weighted by molar-refractivity contribution is -0.139. The van der Waals surface area contributed by atoms with Gasteiger partial charge in [-0.05, 0) is 17.4 Å². The van der Waals surface area contributed by atoms with Gasteiger partial charge in [0.1, 0.15) is 12.6 Å². The van der Waals surface area contributed by atoms with Crippen LogP contribution < -0.4 is 11.1 Å². The summed E-state index contributed by atoms with van der Waals surface area (Å²) in [6.07, 6.45) is -0.739. The number of hydrogen-bond acceptors (Lipinski definition) is 5. The Balaban J connectivity index is 2.66. The molecule has 1 amide bonds. The van der Waals surface area contributed by atoms with Crippen LogP contribution in [0, 0.1) is 11.8 Å². The Kier molecular flexibility index (Phi) is 7.58. The third-order valence-corrected chi connectivity index (χ3v) is 3.70. The molecule has 1 aromatic carbocycles. The standard InChI is InChI=1S/C18H26N2O4/c1-11(2)14(19)16(21)17(22)15(12(3)4)20-18(23)24-10-13-8-6-5-7-9-13/h5-9,11-12,14-15H,10,19H2,1-4H3,(H,20,23)/t14-,15-/m0/s1.